The Morgan fingerprint density at radius 3 is 2.69 bits per heavy atom. The molecule has 2 heterocycles. The molecule has 3 rings (SSSR count). The minimum atomic E-state index is -0.132. The normalized spacial score (nSPS) is 16.9. The summed E-state index contributed by atoms with van der Waals surface area (Å²) in [5, 5.41) is 6.39. The van der Waals surface area contributed by atoms with E-state index < -0.39 is 0 Å². The molecular formula is C20H30ClN3O2. The van der Waals surface area contributed by atoms with E-state index in [4.69, 9.17) is 4.42 Å². The molecule has 0 saturated carbocycles. The largest absolute Gasteiger partial charge is 0.440 e. The standard InChI is InChI=1S/C20H29N3O2.ClH/c1-13(14-7-9-21-10-8-14)11-18(24)22-15-5-6-17-16(12-15)23-19(25-17)20(2,3)4;/h5-6,12-14,21H,7-11H2,1-4H3,(H,22,24);1H. The van der Waals surface area contributed by atoms with E-state index in [2.05, 4.69) is 43.3 Å². The minimum Gasteiger partial charge on any atom is -0.440 e. The Labute approximate surface area is 161 Å². The highest BCUT2D eigenvalue weighted by molar-refractivity contribution is 5.92. The van der Waals surface area contributed by atoms with E-state index in [9.17, 15) is 4.79 Å². The Morgan fingerprint density at radius 1 is 1.35 bits per heavy atom. The van der Waals surface area contributed by atoms with Crippen LogP contribution < -0.4 is 10.6 Å². The van der Waals surface area contributed by atoms with Crippen molar-refractivity contribution in [1.29, 1.82) is 0 Å². The quantitative estimate of drug-likeness (QED) is 0.820. The van der Waals surface area contributed by atoms with Gasteiger partial charge in [0.25, 0.3) is 0 Å². The SMILES string of the molecule is CC(CC(=O)Nc1ccc2oc(C(C)(C)C)nc2c1)C1CCNCC1.Cl. The van der Waals surface area contributed by atoms with Crippen molar-refractivity contribution in [3.05, 3.63) is 24.1 Å². The van der Waals surface area contributed by atoms with Gasteiger partial charge in [-0.25, -0.2) is 4.98 Å². The zero-order valence-corrected chi connectivity index (χ0v) is 16.9. The van der Waals surface area contributed by atoms with Gasteiger partial charge in [-0.1, -0.05) is 27.7 Å². The summed E-state index contributed by atoms with van der Waals surface area (Å²) >= 11 is 0. The lowest BCUT2D eigenvalue weighted by atomic mass is 9.84. The topological polar surface area (TPSA) is 67.2 Å². The van der Waals surface area contributed by atoms with Gasteiger partial charge >= 0.3 is 0 Å². The molecule has 1 aromatic heterocycles. The summed E-state index contributed by atoms with van der Waals surface area (Å²) in [6.07, 6.45) is 2.89. The lowest BCUT2D eigenvalue weighted by Gasteiger charge is -2.27. The van der Waals surface area contributed by atoms with Crippen LogP contribution in [0.5, 0.6) is 0 Å². The number of fused-ring (bicyclic) bond motifs is 1. The van der Waals surface area contributed by atoms with Crippen LogP contribution in [0, 0.1) is 11.8 Å². The Bertz CT molecular complexity index is 745. The van der Waals surface area contributed by atoms with Gasteiger partial charge in [-0.2, -0.15) is 0 Å². The highest BCUT2D eigenvalue weighted by Gasteiger charge is 2.23. The second-order valence-electron chi connectivity index (χ2n) is 8.27. The Balaban J connectivity index is 0.00000243. The number of oxazole rings is 1. The number of nitrogens with one attached hydrogen (secondary N) is 2. The van der Waals surface area contributed by atoms with Crippen LogP contribution in [0.3, 0.4) is 0 Å². The van der Waals surface area contributed by atoms with Crippen LogP contribution in [0.4, 0.5) is 5.69 Å². The molecule has 26 heavy (non-hydrogen) atoms. The van der Waals surface area contributed by atoms with Crippen molar-refractivity contribution in [1.82, 2.24) is 10.3 Å². The highest BCUT2D eigenvalue weighted by Crippen LogP contribution is 2.28. The molecule has 1 unspecified atom stereocenters. The number of carbonyl (C=O) groups excluding carboxylic acids is 1. The molecule has 1 fully saturated rings. The maximum Gasteiger partial charge on any atom is 0.224 e. The fourth-order valence-corrected chi connectivity index (χ4v) is 3.41. The van der Waals surface area contributed by atoms with E-state index >= 15 is 0 Å². The number of piperidine rings is 1. The van der Waals surface area contributed by atoms with E-state index in [0.29, 0.717) is 24.1 Å². The smallest absolute Gasteiger partial charge is 0.224 e. The molecule has 1 aliphatic rings. The number of carbonyl (C=O) groups is 1. The zero-order valence-electron chi connectivity index (χ0n) is 16.1. The summed E-state index contributed by atoms with van der Waals surface area (Å²) in [7, 11) is 0. The Morgan fingerprint density at radius 2 is 2.04 bits per heavy atom. The first-order valence-electron chi connectivity index (χ1n) is 9.24. The number of halogens is 1. The number of benzene rings is 1. The third-order valence-corrected chi connectivity index (χ3v) is 5.01. The average Bonchev–Trinajstić information content (AvgIpc) is 2.99. The van der Waals surface area contributed by atoms with Crippen molar-refractivity contribution in [3.63, 3.8) is 0 Å². The van der Waals surface area contributed by atoms with Crippen LogP contribution in [-0.2, 0) is 10.2 Å². The Kier molecular flexibility index (Phi) is 6.69. The molecule has 1 amide bonds. The van der Waals surface area contributed by atoms with Crippen molar-refractivity contribution in [2.75, 3.05) is 18.4 Å². The fraction of sp³-hybridized carbons (Fsp3) is 0.600. The summed E-state index contributed by atoms with van der Waals surface area (Å²) in [4.78, 5) is 17.0. The maximum atomic E-state index is 12.4. The van der Waals surface area contributed by atoms with E-state index in [-0.39, 0.29) is 23.7 Å². The van der Waals surface area contributed by atoms with Crippen molar-refractivity contribution in [2.45, 2.75) is 52.4 Å². The molecule has 6 heteroatoms. The molecule has 2 aromatic rings. The van der Waals surface area contributed by atoms with Crippen LogP contribution in [0.1, 0.15) is 52.8 Å². The molecule has 144 valence electrons. The first kappa shape index (κ1) is 20.7. The van der Waals surface area contributed by atoms with E-state index in [1.807, 2.05) is 18.2 Å². The lowest BCUT2D eigenvalue weighted by Crippen LogP contribution is -2.32. The highest BCUT2D eigenvalue weighted by atomic mass is 35.5. The van der Waals surface area contributed by atoms with Crippen LogP contribution in [0.15, 0.2) is 22.6 Å². The average molecular weight is 380 g/mol. The van der Waals surface area contributed by atoms with Crippen LogP contribution in [0.2, 0.25) is 0 Å². The van der Waals surface area contributed by atoms with E-state index in [0.717, 1.165) is 42.7 Å². The fourth-order valence-electron chi connectivity index (χ4n) is 3.41. The van der Waals surface area contributed by atoms with E-state index in [1.54, 1.807) is 0 Å². The summed E-state index contributed by atoms with van der Waals surface area (Å²) in [5.41, 5.74) is 2.19. The summed E-state index contributed by atoms with van der Waals surface area (Å²) in [6, 6.07) is 5.65. The molecular weight excluding hydrogens is 350 g/mol. The predicted molar refractivity (Wildman–Crippen MR) is 108 cm³/mol. The molecule has 2 N–H and O–H groups in total. The molecule has 0 aliphatic carbocycles. The van der Waals surface area contributed by atoms with Gasteiger partial charge in [0.1, 0.15) is 5.52 Å². The van der Waals surface area contributed by atoms with Crippen LogP contribution in [0.25, 0.3) is 11.1 Å². The van der Waals surface area contributed by atoms with Crippen molar-refractivity contribution >= 4 is 35.1 Å². The van der Waals surface area contributed by atoms with Gasteiger partial charge in [0.15, 0.2) is 5.58 Å². The lowest BCUT2D eigenvalue weighted by molar-refractivity contribution is -0.117. The van der Waals surface area contributed by atoms with Gasteiger partial charge in [0.05, 0.1) is 0 Å². The second kappa shape index (κ2) is 8.40. The number of hydrogen-bond acceptors (Lipinski definition) is 4. The number of aromatic nitrogens is 1. The summed E-state index contributed by atoms with van der Waals surface area (Å²) in [5.74, 6) is 1.83. The molecule has 0 spiro atoms. The third-order valence-electron chi connectivity index (χ3n) is 5.01. The number of rotatable bonds is 4. The van der Waals surface area contributed by atoms with Gasteiger partial charge < -0.3 is 15.1 Å². The predicted octanol–water partition coefficient (Wildman–Crippen LogP) is 4.51. The molecule has 1 saturated heterocycles. The van der Waals surface area contributed by atoms with Gasteiger partial charge in [0.2, 0.25) is 11.8 Å². The molecule has 1 atom stereocenters. The number of hydrogen-bond donors (Lipinski definition) is 2. The van der Waals surface area contributed by atoms with E-state index in [1.165, 1.54) is 0 Å². The van der Waals surface area contributed by atoms with Gasteiger partial charge in [-0.3, -0.25) is 4.79 Å². The molecule has 1 aromatic carbocycles. The van der Waals surface area contributed by atoms with Crippen molar-refractivity contribution in [2.24, 2.45) is 11.8 Å². The summed E-state index contributed by atoms with van der Waals surface area (Å²) < 4.78 is 5.81. The van der Waals surface area contributed by atoms with Gasteiger partial charge in [0, 0.05) is 17.5 Å². The maximum absolute atomic E-state index is 12.4. The molecule has 1 aliphatic heterocycles. The van der Waals surface area contributed by atoms with Crippen molar-refractivity contribution in [3.8, 4) is 0 Å². The number of amides is 1. The first-order valence-corrected chi connectivity index (χ1v) is 9.24. The van der Waals surface area contributed by atoms with Crippen LogP contribution in [-0.4, -0.2) is 24.0 Å². The van der Waals surface area contributed by atoms with Crippen molar-refractivity contribution < 1.29 is 9.21 Å². The third kappa shape index (κ3) is 4.98. The van der Waals surface area contributed by atoms with Crippen LogP contribution >= 0.6 is 12.4 Å². The second-order valence-corrected chi connectivity index (χ2v) is 8.27. The molecule has 0 radical (unpaired) electrons. The monoisotopic (exact) mass is 379 g/mol. The molecule has 0 bridgehead atoms. The first-order chi connectivity index (χ1) is 11.8. The number of nitrogens with zero attached hydrogens (tertiary/aromatic N) is 1. The minimum absolute atomic E-state index is 0. The Hall–Kier alpha value is -1.59. The van der Waals surface area contributed by atoms with Gasteiger partial charge in [-0.15, -0.1) is 12.4 Å². The van der Waals surface area contributed by atoms with Gasteiger partial charge in [-0.05, 0) is 56.0 Å². The molecule has 5 nitrogen and oxygen atoms in total. The zero-order chi connectivity index (χ0) is 18.0. The summed E-state index contributed by atoms with van der Waals surface area (Å²) in [6.45, 7) is 10.5. The number of anilines is 1.